The molecule has 0 fully saturated rings. The van der Waals surface area contributed by atoms with E-state index in [0.29, 0.717) is 18.4 Å². The Morgan fingerprint density at radius 1 is 1.11 bits per heavy atom. The van der Waals surface area contributed by atoms with Crippen molar-refractivity contribution in [3.05, 3.63) is 0 Å². The lowest BCUT2D eigenvalue weighted by Gasteiger charge is -2.34. The van der Waals surface area contributed by atoms with Crippen LogP contribution in [0.5, 0.6) is 0 Å². The van der Waals surface area contributed by atoms with Crippen LogP contribution in [-0.4, -0.2) is 12.6 Å². The molecular formula is C16H32O2. The van der Waals surface area contributed by atoms with Gasteiger partial charge in [0.15, 0.2) is 0 Å². The van der Waals surface area contributed by atoms with Crippen LogP contribution in [0.1, 0.15) is 68.2 Å². The summed E-state index contributed by atoms with van der Waals surface area (Å²) in [6.07, 6.45) is 1.90. The Morgan fingerprint density at radius 3 is 1.94 bits per heavy atom. The van der Waals surface area contributed by atoms with Crippen molar-refractivity contribution in [2.24, 2.45) is 22.7 Å². The molecule has 0 heterocycles. The monoisotopic (exact) mass is 256 g/mol. The van der Waals surface area contributed by atoms with Gasteiger partial charge in [-0.2, -0.15) is 0 Å². The number of carbonyl (C=O) groups excluding carboxylic acids is 1. The summed E-state index contributed by atoms with van der Waals surface area (Å²) in [5, 5.41) is 0. The van der Waals surface area contributed by atoms with Gasteiger partial charge >= 0.3 is 5.97 Å². The standard InChI is InChI=1S/C16H32O2/c1-9-15(6,7)11-18-14(17)16(8,13(4)5)10-12(2)3/h12-13H,9-11H2,1-8H3. The van der Waals surface area contributed by atoms with Crippen molar-refractivity contribution in [1.29, 1.82) is 0 Å². The predicted octanol–water partition coefficient (Wildman–Crippen LogP) is 4.67. The Bertz CT molecular complexity index is 266. The van der Waals surface area contributed by atoms with Crippen molar-refractivity contribution in [2.45, 2.75) is 68.2 Å². The van der Waals surface area contributed by atoms with Crippen molar-refractivity contribution in [2.75, 3.05) is 6.61 Å². The highest BCUT2D eigenvalue weighted by Crippen LogP contribution is 2.36. The second-order valence-corrected chi connectivity index (χ2v) is 7.26. The van der Waals surface area contributed by atoms with E-state index in [1.54, 1.807) is 0 Å². The minimum atomic E-state index is -0.363. The van der Waals surface area contributed by atoms with Crippen LogP contribution >= 0.6 is 0 Å². The van der Waals surface area contributed by atoms with Crippen LogP contribution in [0.25, 0.3) is 0 Å². The van der Waals surface area contributed by atoms with E-state index in [1.807, 2.05) is 6.92 Å². The van der Waals surface area contributed by atoms with Crippen LogP contribution in [0.4, 0.5) is 0 Å². The molecule has 2 nitrogen and oxygen atoms in total. The van der Waals surface area contributed by atoms with Gasteiger partial charge in [-0.25, -0.2) is 0 Å². The molecule has 0 spiro atoms. The van der Waals surface area contributed by atoms with Gasteiger partial charge in [0.05, 0.1) is 12.0 Å². The van der Waals surface area contributed by atoms with E-state index in [9.17, 15) is 4.79 Å². The molecule has 0 rings (SSSR count). The van der Waals surface area contributed by atoms with E-state index in [-0.39, 0.29) is 16.8 Å². The van der Waals surface area contributed by atoms with Crippen LogP contribution < -0.4 is 0 Å². The number of hydrogen-bond acceptors (Lipinski definition) is 2. The van der Waals surface area contributed by atoms with E-state index >= 15 is 0 Å². The third-order valence-corrected chi connectivity index (χ3v) is 4.12. The number of rotatable bonds is 7. The van der Waals surface area contributed by atoms with E-state index in [0.717, 1.165) is 12.8 Å². The van der Waals surface area contributed by atoms with Gasteiger partial charge in [0, 0.05) is 0 Å². The van der Waals surface area contributed by atoms with Crippen LogP contribution in [0, 0.1) is 22.7 Å². The van der Waals surface area contributed by atoms with Gasteiger partial charge in [0.1, 0.15) is 0 Å². The van der Waals surface area contributed by atoms with Crippen LogP contribution in [-0.2, 0) is 9.53 Å². The molecule has 0 aliphatic carbocycles. The molecule has 0 saturated heterocycles. The van der Waals surface area contributed by atoms with Gasteiger partial charge < -0.3 is 4.74 Å². The fourth-order valence-electron chi connectivity index (χ4n) is 1.93. The smallest absolute Gasteiger partial charge is 0.312 e. The molecule has 2 heteroatoms. The lowest BCUT2D eigenvalue weighted by molar-refractivity contribution is -0.162. The summed E-state index contributed by atoms with van der Waals surface area (Å²) >= 11 is 0. The minimum Gasteiger partial charge on any atom is -0.465 e. The van der Waals surface area contributed by atoms with E-state index in [2.05, 4.69) is 48.5 Å². The largest absolute Gasteiger partial charge is 0.465 e. The number of esters is 1. The first-order chi connectivity index (χ1) is 8.05. The van der Waals surface area contributed by atoms with Gasteiger partial charge in [-0.05, 0) is 37.0 Å². The lowest BCUT2D eigenvalue weighted by atomic mass is 9.73. The topological polar surface area (TPSA) is 26.3 Å². The molecule has 0 N–H and O–H groups in total. The number of ether oxygens (including phenoxy) is 1. The predicted molar refractivity (Wildman–Crippen MR) is 77.4 cm³/mol. The van der Waals surface area contributed by atoms with Gasteiger partial charge in [-0.15, -0.1) is 0 Å². The highest BCUT2D eigenvalue weighted by Gasteiger charge is 2.39. The van der Waals surface area contributed by atoms with Crippen LogP contribution in [0.3, 0.4) is 0 Å². The Morgan fingerprint density at radius 2 is 1.61 bits per heavy atom. The Labute approximate surface area is 113 Å². The highest BCUT2D eigenvalue weighted by molar-refractivity contribution is 5.76. The molecule has 0 aliphatic heterocycles. The zero-order valence-corrected chi connectivity index (χ0v) is 13.6. The Hall–Kier alpha value is -0.530. The fourth-order valence-corrected chi connectivity index (χ4v) is 1.93. The molecule has 0 saturated carbocycles. The maximum Gasteiger partial charge on any atom is 0.312 e. The average Bonchev–Trinajstić information content (AvgIpc) is 2.24. The molecule has 0 amide bonds. The van der Waals surface area contributed by atoms with Gasteiger partial charge in [-0.1, -0.05) is 48.5 Å². The summed E-state index contributed by atoms with van der Waals surface area (Å²) in [5.74, 6) is 0.772. The molecule has 18 heavy (non-hydrogen) atoms. The third-order valence-electron chi connectivity index (χ3n) is 4.12. The molecule has 108 valence electrons. The van der Waals surface area contributed by atoms with Crippen LogP contribution in [0.15, 0.2) is 0 Å². The number of hydrogen-bond donors (Lipinski definition) is 0. The average molecular weight is 256 g/mol. The van der Waals surface area contributed by atoms with E-state index in [1.165, 1.54) is 0 Å². The molecule has 1 unspecified atom stereocenters. The second-order valence-electron chi connectivity index (χ2n) is 7.26. The summed E-state index contributed by atoms with van der Waals surface area (Å²) in [5.41, 5.74) is -0.288. The second kappa shape index (κ2) is 6.58. The molecule has 0 aliphatic rings. The maximum absolute atomic E-state index is 12.4. The van der Waals surface area contributed by atoms with Crippen LogP contribution in [0.2, 0.25) is 0 Å². The van der Waals surface area contributed by atoms with E-state index < -0.39 is 0 Å². The summed E-state index contributed by atoms with van der Waals surface area (Å²) < 4.78 is 5.59. The van der Waals surface area contributed by atoms with Crippen molar-refractivity contribution in [3.63, 3.8) is 0 Å². The molecule has 0 bridgehead atoms. The summed E-state index contributed by atoms with van der Waals surface area (Å²) in [4.78, 5) is 12.4. The minimum absolute atomic E-state index is 0.0345. The molecule has 0 aromatic heterocycles. The summed E-state index contributed by atoms with van der Waals surface area (Å²) in [7, 11) is 0. The third kappa shape index (κ3) is 4.99. The zero-order chi connectivity index (χ0) is 14.6. The zero-order valence-electron chi connectivity index (χ0n) is 13.6. The maximum atomic E-state index is 12.4. The fraction of sp³-hybridized carbons (Fsp3) is 0.938. The van der Waals surface area contributed by atoms with Crippen molar-refractivity contribution in [1.82, 2.24) is 0 Å². The molecule has 0 aromatic carbocycles. The Kier molecular flexibility index (Phi) is 6.39. The molecule has 1 atom stereocenters. The van der Waals surface area contributed by atoms with Crippen molar-refractivity contribution >= 4 is 5.97 Å². The van der Waals surface area contributed by atoms with Gasteiger partial charge in [-0.3, -0.25) is 4.79 Å². The van der Waals surface area contributed by atoms with Crippen molar-refractivity contribution in [3.8, 4) is 0 Å². The summed E-state index contributed by atoms with van der Waals surface area (Å²) in [6, 6.07) is 0. The Balaban J connectivity index is 4.69. The van der Waals surface area contributed by atoms with Crippen molar-refractivity contribution < 1.29 is 9.53 Å². The summed E-state index contributed by atoms with van der Waals surface area (Å²) in [6.45, 7) is 17.5. The first-order valence-corrected chi connectivity index (χ1v) is 7.22. The molecule has 0 radical (unpaired) electrons. The first-order valence-electron chi connectivity index (χ1n) is 7.22. The normalized spacial score (nSPS) is 15.9. The number of carbonyl (C=O) groups is 1. The highest BCUT2D eigenvalue weighted by atomic mass is 16.5. The molecular weight excluding hydrogens is 224 g/mol. The SMILES string of the molecule is CCC(C)(C)COC(=O)C(C)(CC(C)C)C(C)C. The van der Waals surface area contributed by atoms with E-state index in [4.69, 9.17) is 4.74 Å². The van der Waals surface area contributed by atoms with Gasteiger partial charge in [0.2, 0.25) is 0 Å². The molecule has 0 aromatic rings. The quantitative estimate of drug-likeness (QED) is 0.618. The lowest BCUT2D eigenvalue weighted by Crippen LogP contribution is -2.38. The first kappa shape index (κ1) is 17.5. The van der Waals surface area contributed by atoms with Gasteiger partial charge in [0.25, 0.3) is 0 Å².